The lowest BCUT2D eigenvalue weighted by atomic mass is 9.88. The zero-order valence-electron chi connectivity index (χ0n) is 13.1. The molecule has 2 rings (SSSR count). The average Bonchev–Trinajstić information content (AvgIpc) is 2.73. The molecule has 0 bridgehead atoms. The van der Waals surface area contributed by atoms with Gasteiger partial charge in [-0.2, -0.15) is 13.2 Å². The molecule has 0 aromatic heterocycles. The van der Waals surface area contributed by atoms with Crippen LogP contribution in [0.25, 0.3) is 0 Å². The Labute approximate surface area is 137 Å². The third kappa shape index (κ3) is 3.64. The molecule has 1 aromatic carbocycles. The molecule has 1 aliphatic heterocycles. The second kappa shape index (κ2) is 5.92. The number of hydrogen-bond acceptors (Lipinski definition) is 3. The van der Waals surface area contributed by atoms with Crippen molar-refractivity contribution in [3.8, 4) is 0 Å². The SMILES string of the molecule is CC1(C)[C@H](C(F)(F)F)CCN1C(=O)Nc1cccc(S(N)(=O)=O)c1. The van der Waals surface area contributed by atoms with Crippen molar-refractivity contribution in [2.75, 3.05) is 11.9 Å². The zero-order valence-corrected chi connectivity index (χ0v) is 13.9. The first kappa shape index (κ1) is 18.5. The second-order valence-electron chi connectivity index (χ2n) is 6.19. The van der Waals surface area contributed by atoms with Crippen molar-refractivity contribution in [3.63, 3.8) is 0 Å². The van der Waals surface area contributed by atoms with Crippen LogP contribution in [-0.2, 0) is 10.0 Å². The van der Waals surface area contributed by atoms with E-state index < -0.39 is 33.7 Å². The van der Waals surface area contributed by atoms with Crippen molar-refractivity contribution in [1.82, 2.24) is 4.90 Å². The van der Waals surface area contributed by atoms with Crippen molar-refractivity contribution in [2.24, 2.45) is 11.1 Å². The lowest BCUT2D eigenvalue weighted by Gasteiger charge is -2.36. The Morgan fingerprint density at radius 2 is 2.00 bits per heavy atom. The Bertz CT molecular complexity index is 747. The van der Waals surface area contributed by atoms with E-state index >= 15 is 0 Å². The Morgan fingerprint density at radius 3 is 2.50 bits per heavy atom. The van der Waals surface area contributed by atoms with Gasteiger partial charge in [-0.05, 0) is 38.5 Å². The maximum Gasteiger partial charge on any atom is 0.394 e. The van der Waals surface area contributed by atoms with Crippen molar-refractivity contribution in [3.05, 3.63) is 24.3 Å². The Kier molecular flexibility index (Phi) is 4.57. The first-order valence-electron chi connectivity index (χ1n) is 7.11. The summed E-state index contributed by atoms with van der Waals surface area (Å²) < 4.78 is 61.8. The summed E-state index contributed by atoms with van der Waals surface area (Å²) in [5.74, 6) is -1.62. The second-order valence-corrected chi connectivity index (χ2v) is 7.75. The molecule has 0 saturated carbocycles. The van der Waals surface area contributed by atoms with E-state index in [0.717, 1.165) is 11.0 Å². The van der Waals surface area contributed by atoms with Gasteiger partial charge in [0.05, 0.1) is 16.4 Å². The van der Waals surface area contributed by atoms with Crippen LogP contribution in [0.1, 0.15) is 20.3 Å². The third-order valence-corrected chi connectivity index (χ3v) is 5.15. The van der Waals surface area contributed by atoms with E-state index in [1.165, 1.54) is 32.0 Å². The van der Waals surface area contributed by atoms with E-state index in [1.807, 2.05) is 0 Å². The van der Waals surface area contributed by atoms with Crippen LogP contribution >= 0.6 is 0 Å². The molecule has 6 nitrogen and oxygen atoms in total. The van der Waals surface area contributed by atoms with E-state index in [4.69, 9.17) is 5.14 Å². The van der Waals surface area contributed by atoms with Crippen molar-refractivity contribution in [1.29, 1.82) is 0 Å². The van der Waals surface area contributed by atoms with Gasteiger partial charge < -0.3 is 10.2 Å². The van der Waals surface area contributed by atoms with E-state index in [9.17, 15) is 26.4 Å². The lowest BCUT2D eigenvalue weighted by molar-refractivity contribution is -0.189. The van der Waals surface area contributed by atoms with Crippen molar-refractivity contribution >= 4 is 21.7 Å². The quantitative estimate of drug-likeness (QED) is 0.843. The fourth-order valence-corrected chi connectivity index (χ4v) is 3.52. The maximum atomic E-state index is 13.1. The molecule has 1 atom stereocenters. The minimum atomic E-state index is -4.40. The van der Waals surface area contributed by atoms with E-state index in [2.05, 4.69) is 5.32 Å². The van der Waals surface area contributed by atoms with Gasteiger partial charge in [-0.3, -0.25) is 0 Å². The van der Waals surface area contributed by atoms with Crippen LogP contribution in [0, 0.1) is 5.92 Å². The van der Waals surface area contributed by atoms with Gasteiger partial charge >= 0.3 is 12.2 Å². The van der Waals surface area contributed by atoms with Crippen molar-refractivity contribution < 1.29 is 26.4 Å². The molecule has 0 aliphatic carbocycles. The van der Waals surface area contributed by atoms with Crippen LogP contribution < -0.4 is 10.5 Å². The Morgan fingerprint density at radius 1 is 1.38 bits per heavy atom. The normalized spacial score (nSPS) is 20.9. The molecule has 24 heavy (non-hydrogen) atoms. The smallest absolute Gasteiger partial charge is 0.319 e. The third-order valence-electron chi connectivity index (χ3n) is 4.24. The number of halogens is 3. The van der Waals surface area contributed by atoms with Gasteiger partial charge in [0, 0.05) is 12.2 Å². The maximum absolute atomic E-state index is 13.1. The number of rotatable bonds is 2. The van der Waals surface area contributed by atoms with Crippen LogP contribution in [0.15, 0.2) is 29.2 Å². The number of carbonyl (C=O) groups is 1. The van der Waals surface area contributed by atoms with Crippen LogP contribution in [0.5, 0.6) is 0 Å². The largest absolute Gasteiger partial charge is 0.394 e. The van der Waals surface area contributed by atoms with Crippen LogP contribution in [0.2, 0.25) is 0 Å². The number of nitrogens with one attached hydrogen (secondary N) is 1. The molecular weight excluding hydrogens is 347 g/mol. The summed E-state index contributed by atoms with van der Waals surface area (Å²) in [4.78, 5) is 13.2. The molecule has 1 fully saturated rings. The van der Waals surface area contributed by atoms with Gasteiger partial charge in [0.15, 0.2) is 0 Å². The summed E-state index contributed by atoms with van der Waals surface area (Å²) in [7, 11) is -3.94. The number of hydrogen-bond donors (Lipinski definition) is 2. The topological polar surface area (TPSA) is 92.5 Å². The number of urea groups is 1. The average molecular weight is 365 g/mol. The molecule has 0 unspecified atom stereocenters. The fourth-order valence-electron chi connectivity index (χ4n) is 2.96. The molecule has 1 aromatic rings. The highest BCUT2D eigenvalue weighted by Gasteiger charge is 2.56. The summed E-state index contributed by atoms with van der Waals surface area (Å²) in [5.41, 5.74) is -1.27. The highest BCUT2D eigenvalue weighted by Crippen LogP contribution is 2.44. The first-order valence-corrected chi connectivity index (χ1v) is 8.66. The molecule has 1 saturated heterocycles. The van der Waals surface area contributed by atoms with E-state index in [-0.39, 0.29) is 23.5 Å². The van der Waals surface area contributed by atoms with Gasteiger partial charge in [0.1, 0.15) is 0 Å². The predicted molar refractivity (Wildman–Crippen MR) is 81.8 cm³/mol. The fraction of sp³-hybridized carbons (Fsp3) is 0.500. The number of sulfonamides is 1. The number of nitrogens with two attached hydrogens (primary N) is 1. The Hall–Kier alpha value is -1.81. The molecule has 0 radical (unpaired) electrons. The molecule has 3 N–H and O–H groups in total. The number of benzene rings is 1. The number of anilines is 1. The predicted octanol–water partition coefficient (Wildman–Crippen LogP) is 2.53. The minimum absolute atomic E-state index is 0.0438. The van der Waals surface area contributed by atoms with Crippen LogP contribution in [0.3, 0.4) is 0 Å². The van der Waals surface area contributed by atoms with Crippen molar-refractivity contribution in [2.45, 2.75) is 36.9 Å². The molecule has 0 spiro atoms. The molecule has 2 amide bonds. The highest BCUT2D eigenvalue weighted by atomic mass is 32.2. The van der Waals surface area contributed by atoms with Crippen LogP contribution in [0.4, 0.5) is 23.7 Å². The molecule has 134 valence electrons. The summed E-state index contributed by atoms with van der Waals surface area (Å²) in [6.45, 7) is 2.68. The number of alkyl halides is 3. The lowest BCUT2D eigenvalue weighted by Crippen LogP contribution is -2.51. The molecule has 1 aliphatic rings. The number of nitrogens with zero attached hydrogens (tertiary/aromatic N) is 1. The number of primary sulfonamides is 1. The van der Waals surface area contributed by atoms with Gasteiger partial charge in [-0.25, -0.2) is 18.4 Å². The van der Waals surface area contributed by atoms with Gasteiger partial charge in [-0.15, -0.1) is 0 Å². The Balaban J connectivity index is 2.20. The molecule has 10 heteroatoms. The van der Waals surface area contributed by atoms with E-state index in [0.29, 0.717) is 0 Å². The van der Waals surface area contributed by atoms with E-state index in [1.54, 1.807) is 0 Å². The summed E-state index contributed by atoms with van der Waals surface area (Å²) in [5, 5.41) is 7.44. The van der Waals surface area contributed by atoms with Gasteiger partial charge in [0.2, 0.25) is 10.0 Å². The summed E-state index contributed by atoms with van der Waals surface area (Å²) in [6, 6.07) is 4.49. The molecule has 1 heterocycles. The monoisotopic (exact) mass is 365 g/mol. The number of amides is 2. The molecular formula is C14H18F3N3O3S. The highest BCUT2D eigenvalue weighted by molar-refractivity contribution is 7.89. The standard InChI is InChI=1S/C14H18F3N3O3S/c1-13(2)11(14(15,16)17)6-7-20(13)12(21)19-9-4-3-5-10(8-9)24(18,22)23/h3-5,8,11H,6-7H2,1-2H3,(H,19,21)(H2,18,22,23)/t11-/m1/s1. The minimum Gasteiger partial charge on any atom is -0.319 e. The number of carbonyl (C=O) groups excluding carboxylic acids is 1. The van der Waals surface area contributed by atoms with Gasteiger partial charge in [0.25, 0.3) is 0 Å². The zero-order chi connectivity index (χ0) is 18.3. The van der Waals surface area contributed by atoms with Crippen LogP contribution in [-0.4, -0.2) is 37.6 Å². The van der Waals surface area contributed by atoms with Gasteiger partial charge in [-0.1, -0.05) is 6.07 Å². The number of likely N-dealkylation sites (tertiary alicyclic amines) is 1. The summed E-state index contributed by atoms with van der Waals surface area (Å²) in [6.07, 6.45) is -4.58. The summed E-state index contributed by atoms with van der Waals surface area (Å²) >= 11 is 0. The first-order chi connectivity index (χ1) is 10.8.